The van der Waals surface area contributed by atoms with Gasteiger partial charge in [0.15, 0.2) is 0 Å². The molecular weight excluding hydrogens is 783 g/mol. The summed E-state index contributed by atoms with van der Waals surface area (Å²) < 4.78 is 17.7. The Hall–Kier alpha value is -3.33. The zero-order chi connectivity index (χ0) is 45.0. The first-order valence-electron chi connectivity index (χ1n) is 22.6. The van der Waals surface area contributed by atoms with Crippen molar-refractivity contribution in [2.45, 2.75) is 180 Å². The predicted molar refractivity (Wildman–Crippen MR) is 230 cm³/mol. The predicted octanol–water partition coefficient (Wildman–Crippen LogP) is 5.66. The number of ketones is 3. The fourth-order valence-corrected chi connectivity index (χ4v) is 9.25. The van der Waals surface area contributed by atoms with Gasteiger partial charge in [-0.15, -0.1) is 0 Å². The number of esters is 1. The zero-order valence-electron chi connectivity index (χ0n) is 37.5. The summed E-state index contributed by atoms with van der Waals surface area (Å²) in [6, 6.07) is -1.13. The maximum atomic E-state index is 14.2. The van der Waals surface area contributed by atoms with Crippen LogP contribution in [0, 0.1) is 29.6 Å². The molecule has 61 heavy (non-hydrogen) atoms. The van der Waals surface area contributed by atoms with E-state index in [-0.39, 0.29) is 80.0 Å². The fourth-order valence-electron chi connectivity index (χ4n) is 9.25. The number of hydrogen-bond acceptors (Lipinski definition) is 12. The Labute approximate surface area is 362 Å². The number of allylic oxidation sites excluding steroid dienone is 6. The maximum Gasteiger partial charge on any atom is 0.329 e. The normalized spacial score (nSPS) is 39.8. The lowest BCUT2D eigenvalue weighted by atomic mass is 9.78. The van der Waals surface area contributed by atoms with Crippen LogP contribution in [0.4, 0.5) is 0 Å². The molecule has 1 aliphatic carbocycles. The molecule has 0 unspecified atom stereocenters. The Balaban J connectivity index is 1.63. The summed E-state index contributed by atoms with van der Waals surface area (Å²) in [5.41, 5.74) is 1.13. The summed E-state index contributed by atoms with van der Waals surface area (Å²) in [5, 5.41) is 44.2. The largest absolute Gasteiger partial charge is 0.460 e. The molecular formula is C48H73NO12. The summed E-state index contributed by atoms with van der Waals surface area (Å²) in [6.45, 7) is 10.9. The minimum Gasteiger partial charge on any atom is -0.460 e. The molecule has 13 heteroatoms. The molecule has 13 nitrogen and oxygen atoms in total. The van der Waals surface area contributed by atoms with Gasteiger partial charge in [0.2, 0.25) is 5.79 Å². The lowest BCUT2D eigenvalue weighted by molar-refractivity contribution is -0.265. The quantitative estimate of drug-likeness (QED) is 0.154. The third-order valence-corrected chi connectivity index (χ3v) is 13.6. The van der Waals surface area contributed by atoms with Crippen LogP contribution < -0.4 is 0 Å². The van der Waals surface area contributed by atoms with Gasteiger partial charge in [-0.25, -0.2) is 4.79 Å². The highest BCUT2D eigenvalue weighted by molar-refractivity contribution is 6.39. The molecule has 0 spiro atoms. The molecule has 0 radical (unpaired) electrons. The van der Waals surface area contributed by atoms with E-state index in [0.717, 1.165) is 11.3 Å². The van der Waals surface area contributed by atoms with E-state index in [4.69, 9.17) is 14.2 Å². The number of fused-ring (bicyclic) bond motifs is 3. The van der Waals surface area contributed by atoms with Crippen molar-refractivity contribution in [2.75, 3.05) is 13.7 Å². The van der Waals surface area contributed by atoms with Gasteiger partial charge in [0.05, 0.1) is 30.5 Å². The summed E-state index contributed by atoms with van der Waals surface area (Å²) in [7, 11) is 1.56. The number of aliphatic hydroxyl groups is 4. The van der Waals surface area contributed by atoms with E-state index in [2.05, 4.69) is 0 Å². The molecule has 4 rings (SSSR count). The van der Waals surface area contributed by atoms with Gasteiger partial charge in [0.25, 0.3) is 11.7 Å². The first-order valence-corrected chi connectivity index (χ1v) is 22.6. The lowest BCUT2D eigenvalue weighted by Gasteiger charge is -2.42. The van der Waals surface area contributed by atoms with Crippen molar-refractivity contribution in [2.24, 2.45) is 29.6 Å². The smallest absolute Gasteiger partial charge is 0.329 e. The molecule has 3 fully saturated rings. The molecule has 3 aliphatic heterocycles. The van der Waals surface area contributed by atoms with Crippen LogP contribution in [0.5, 0.6) is 0 Å². The first-order chi connectivity index (χ1) is 28.8. The molecule has 2 bridgehead atoms. The van der Waals surface area contributed by atoms with E-state index < -0.39 is 65.9 Å². The van der Waals surface area contributed by atoms with Crippen LogP contribution in [0.3, 0.4) is 0 Å². The van der Waals surface area contributed by atoms with Crippen LogP contribution >= 0.6 is 0 Å². The van der Waals surface area contributed by atoms with Crippen molar-refractivity contribution in [3.8, 4) is 0 Å². The Kier molecular flexibility index (Phi) is 19.3. The number of piperidine rings is 1. The van der Waals surface area contributed by atoms with Crippen LogP contribution in [0.1, 0.15) is 131 Å². The first kappa shape index (κ1) is 50.3. The van der Waals surface area contributed by atoms with Crippen LogP contribution in [0.2, 0.25) is 0 Å². The van der Waals surface area contributed by atoms with Gasteiger partial charge in [-0.05, 0) is 107 Å². The van der Waals surface area contributed by atoms with Gasteiger partial charge in [0.1, 0.15) is 23.7 Å². The number of aliphatic hydroxyl groups excluding tert-OH is 3. The van der Waals surface area contributed by atoms with Crippen molar-refractivity contribution in [3.63, 3.8) is 0 Å². The third-order valence-electron chi connectivity index (χ3n) is 13.6. The van der Waals surface area contributed by atoms with Gasteiger partial charge in [-0.2, -0.15) is 0 Å². The lowest BCUT2D eigenvalue weighted by Crippen LogP contribution is -2.61. The van der Waals surface area contributed by atoms with E-state index >= 15 is 0 Å². The fraction of sp³-hybridized carbons (Fsp3) is 0.729. The Morgan fingerprint density at radius 3 is 2.33 bits per heavy atom. The van der Waals surface area contributed by atoms with Crippen LogP contribution in [-0.4, -0.2) is 117 Å². The minimum absolute atomic E-state index is 0.0594. The topological polar surface area (TPSA) is 197 Å². The minimum atomic E-state index is -2.47. The molecule has 342 valence electrons. The maximum absolute atomic E-state index is 14.2. The second-order valence-corrected chi connectivity index (χ2v) is 18.6. The van der Waals surface area contributed by atoms with E-state index in [1.807, 2.05) is 39.0 Å². The average molecular weight is 856 g/mol. The number of cyclic esters (lactones) is 1. The van der Waals surface area contributed by atoms with Gasteiger partial charge < -0.3 is 39.5 Å². The molecule has 0 aromatic carbocycles. The second-order valence-electron chi connectivity index (χ2n) is 18.6. The highest BCUT2D eigenvalue weighted by atomic mass is 16.6. The van der Waals surface area contributed by atoms with Crippen molar-refractivity contribution < 1.29 is 58.6 Å². The van der Waals surface area contributed by atoms with Crippen molar-refractivity contribution in [1.82, 2.24) is 4.90 Å². The van der Waals surface area contributed by atoms with Crippen LogP contribution in [-0.2, 0) is 38.2 Å². The molecule has 4 aliphatic rings. The summed E-state index contributed by atoms with van der Waals surface area (Å²) in [4.78, 5) is 70.2. The molecule has 4 N–H and O–H groups in total. The Bertz CT molecular complexity index is 1650. The van der Waals surface area contributed by atoms with Gasteiger partial charge in [0, 0.05) is 51.2 Å². The Morgan fingerprint density at radius 2 is 1.61 bits per heavy atom. The van der Waals surface area contributed by atoms with E-state index in [9.17, 15) is 44.4 Å². The number of carbonyl (C=O) groups is 5. The molecule has 1 saturated carbocycles. The highest BCUT2D eigenvalue weighted by Gasteiger charge is 2.53. The van der Waals surface area contributed by atoms with Crippen molar-refractivity contribution in [1.29, 1.82) is 0 Å². The van der Waals surface area contributed by atoms with E-state index in [0.29, 0.717) is 62.5 Å². The Morgan fingerprint density at radius 1 is 0.869 bits per heavy atom. The number of hydrogen-bond donors (Lipinski definition) is 4. The molecule has 0 aromatic heterocycles. The molecule has 3 heterocycles. The van der Waals surface area contributed by atoms with Crippen LogP contribution in [0.15, 0.2) is 47.6 Å². The summed E-state index contributed by atoms with van der Waals surface area (Å²) in [6.07, 6.45) is 11.3. The molecule has 13 atom stereocenters. The standard InChI is InChI=1S/C48H73NO12/c1-29-13-9-8-10-14-30(2)40(52)27-37-20-17-34(6)48(58,61-37)45(55)46(56)49-22-12-11-15-38(49)47(57)60-43(33(5)24-35-18-21-39(51)44(25-35)59-7)26-36(50)19-16-31(3)41(53)28-42(54)32(4)23-29/h8-10,13-14,16,29,32-35,37-41,43-44,51-53,58H,11-12,15,17-28H2,1-7H3/b10-8+,13-9+,30-14+,31-16+/t29-,32-,33-,34-,35+,37+,38+,39-,40+,41+,43+,44-,48-/m1/s1. The zero-order valence-corrected chi connectivity index (χ0v) is 37.5. The number of amides is 1. The number of Topliss-reactive ketones (excluding diaryl/α,β-unsaturated/α-hetero) is 3. The monoisotopic (exact) mass is 856 g/mol. The van der Waals surface area contributed by atoms with Crippen LogP contribution in [0.25, 0.3) is 0 Å². The van der Waals surface area contributed by atoms with Crippen molar-refractivity contribution >= 4 is 29.2 Å². The number of methoxy groups -OCH3 is 1. The average Bonchev–Trinajstić information content (AvgIpc) is 3.23. The summed E-state index contributed by atoms with van der Waals surface area (Å²) >= 11 is 0. The van der Waals surface area contributed by atoms with Gasteiger partial charge in [-0.3, -0.25) is 19.2 Å². The molecule has 2 saturated heterocycles. The SMILES string of the molecule is CO[C@@H]1C[C@H](C[C@@H](C)[C@@H]2CC(=O)C/C=C(\C)[C@@H](O)CC(=O)[C@H](C)C[C@H](C)/C=C/C=C/C=C(\C)[C@@H](O)C[C@@H]3CC[C@@H](C)[C@@](O)(O3)C(=O)C(=O)N3CCCC[C@H]3C(=O)O2)CC[C@H]1O. The second kappa shape index (κ2) is 23.4. The third kappa shape index (κ3) is 14.1. The summed E-state index contributed by atoms with van der Waals surface area (Å²) in [5.74, 6) is -6.92. The van der Waals surface area contributed by atoms with E-state index in [1.165, 1.54) is 0 Å². The number of rotatable bonds is 4. The number of ether oxygens (including phenoxy) is 3. The highest BCUT2D eigenvalue weighted by Crippen LogP contribution is 2.37. The van der Waals surface area contributed by atoms with Gasteiger partial charge in [-0.1, -0.05) is 64.2 Å². The molecule has 0 aromatic rings. The van der Waals surface area contributed by atoms with E-state index in [1.54, 1.807) is 46.1 Å². The van der Waals surface area contributed by atoms with Crippen molar-refractivity contribution in [3.05, 3.63) is 47.6 Å². The van der Waals surface area contributed by atoms with Gasteiger partial charge >= 0.3 is 5.97 Å². The number of carbonyl (C=O) groups excluding carboxylic acids is 5. The number of nitrogens with zero attached hydrogens (tertiary/aromatic N) is 1. The molecule has 1 amide bonds.